The Labute approximate surface area is 182 Å². The van der Waals surface area contributed by atoms with E-state index in [4.69, 9.17) is 0 Å². The summed E-state index contributed by atoms with van der Waals surface area (Å²) < 4.78 is 14.8. The number of nitrogens with one attached hydrogen (secondary N) is 1. The van der Waals surface area contributed by atoms with E-state index in [1.807, 2.05) is 36.4 Å². The van der Waals surface area contributed by atoms with E-state index in [-0.39, 0.29) is 11.6 Å². The zero-order valence-corrected chi connectivity index (χ0v) is 17.8. The second kappa shape index (κ2) is 8.96. The Morgan fingerprint density at radius 1 is 1.00 bits per heavy atom. The minimum atomic E-state index is -0.955. The van der Waals surface area contributed by atoms with Gasteiger partial charge in [-0.05, 0) is 62.0 Å². The molecule has 0 amide bonds. The van der Waals surface area contributed by atoms with Gasteiger partial charge in [-0.15, -0.1) is 0 Å². The second-order valence-electron chi connectivity index (χ2n) is 8.23. The number of phenolic OH excluding ortho intramolecular Hbond substituents is 1. The molecule has 2 unspecified atom stereocenters. The summed E-state index contributed by atoms with van der Waals surface area (Å²) in [5, 5.41) is 22.9. The van der Waals surface area contributed by atoms with Crippen LogP contribution in [-0.2, 0) is 0 Å². The maximum absolute atomic E-state index is 14.8. The average molecular weight is 422 g/mol. The number of aliphatic hydroxyl groups excluding tert-OH is 1. The normalized spacial score (nSPS) is 17.2. The molecule has 4 rings (SSSR count). The van der Waals surface area contributed by atoms with Crippen molar-refractivity contribution in [3.63, 3.8) is 0 Å². The molecule has 3 aromatic carbocycles. The van der Waals surface area contributed by atoms with Crippen molar-refractivity contribution in [1.82, 2.24) is 4.90 Å². The number of benzene rings is 3. The van der Waals surface area contributed by atoms with Gasteiger partial charge in [0.25, 0.3) is 0 Å². The van der Waals surface area contributed by atoms with Crippen molar-refractivity contribution >= 4 is 11.4 Å². The molecule has 0 radical (unpaired) electrons. The standard InChI is InChI=1S/C25H28FN3O2/c1-28(2)21-13-14-29(16-21)24-12-9-20(15-23(24)26)27-25(31)19-5-3-17(4-6-19)18-7-10-22(30)11-8-18/h3-12,15,21,25,27,30-31H,13-14,16H2,1-2H3. The van der Waals surface area contributed by atoms with Gasteiger partial charge in [0.15, 0.2) is 6.23 Å². The maximum atomic E-state index is 14.8. The summed E-state index contributed by atoms with van der Waals surface area (Å²) in [6.07, 6.45) is 0.0645. The Morgan fingerprint density at radius 3 is 2.23 bits per heavy atom. The molecular weight excluding hydrogens is 393 g/mol. The molecule has 31 heavy (non-hydrogen) atoms. The van der Waals surface area contributed by atoms with Crippen molar-refractivity contribution in [2.24, 2.45) is 0 Å². The summed E-state index contributed by atoms with van der Waals surface area (Å²) in [7, 11) is 4.10. The number of nitrogens with zero attached hydrogens (tertiary/aromatic N) is 2. The van der Waals surface area contributed by atoms with Crippen molar-refractivity contribution in [2.75, 3.05) is 37.4 Å². The van der Waals surface area contributed by atoms with E-state index in [0.717, 1.165) is 30.6 Å². The highest BCUT2D eigenvalue weighted by molar-refractivity contribution is 5.64. The minimum Gasteiger partial charge on any atom is -0.508 e. The topological polar surface area (TPSA) is 59.0 Å². The van der Waals surface area contributed by atoms with Gasteiger partial charge in [-0.2, -0.15) is 0 Å². The first kappa shape index (κ1) is 21.2. The summed E-state index contributed by atoms with van der Waals surface area (Å²) >= 11 is 0. The Bertz CT molecular complexity index is 1020. The van der Waals surface area contributed by atoms with E-state index in [9.17, 15) is 14.6 Å². The van der Waals surface area contributed by atoms with Gasteiger partial charge in [0.05, 0.1) is 5.69 Å². The molecular formula is C25H28FN3O2. The fraction of sp³-hybridized carbons (Fsp3) is 0.280. The van der Waals surface area contributed by atoms with Gasteiger partial charge in [0.2, 0.25) is 0 Å². The highest BCUT2D eigenvalue weighted by atomic mass is 19.1. The van der Waals surface area contributed by atoms with E-state index >= 15 is 0 Å². The summed E-state index contributed by atoms with van der Waals surface area (Å²) in [4.78, 5) is 4.25. The van der Waals surface area contributed by atoms with Gasteiger partial charge >= 0.3 is 0 Å². The largest absolute Gasteiger partial charge is 0.508 e. The lowest BCUT2D eigenvalue weighted by Crippen LogP contribution is -2.31. The number of rotatable bonds is 6. The van der Waals surface area contributed by atoms with Crippen LogP contribution in [0.25, 0.3) is 11.1 Å². The van der Waals surface area contributed by atoms with Crippen LogP contribution in [0.4, 0.5) is 15.8 Å². The van der Waals surface area contributed by atoms with Crippen LogP contribution in [0, 0.1) is 5.82 Å². The first-order valence-corrected chi connectivity index (χ1v) is 10.5. The van der Waals surface area contributed by atoms with E-state index in [1.54, 1.807) is 24.3 Å². The lowest BCUT2D eigenvalue weighted by Gasteiger charge is -2.23. The smallest absolute Gasteiger partial charge is 0.150 e. The number of likely N-dealkylation sites (N-methyl/N-ethyl adjacent to an activating group) is 1. The molecule has 5 nitrogen and oxygen atoms in total. The van der Waals surface area contributed by atoms with Crippen LogP contribution >= 0.6 is 0 Å². The Balaban J connectivity index is 1.42. The maximum Gasteiger partial charge on any atom is 0.150 e. The van der Waals surface area contributed by atoms with Crippen LogP contribution < -0.4 is 10.2 Å². The van der Waals surface area contributed by atoms with Gasteiger partial charge < -0.3 is 25.3 Å². The number of anilines is 2. The van der Waals surface area contributed by atoms with Gasteiger partial charge in [-0.1, -0.05) is 36.4 Å². The number of phenols is 1. The lowest BCUT2D eigenvalue weighted by molar-refractivity contribution is 0.208. The predicted octanol–water partition coefficient (Wildman–Crippen LogP) is 4.44. The molecule has 1 fully saturated rings. The predicted molar refractivity (Wildman–Crippen MR) is 123 cm³/mol. The number of halogens is 1. The monoisotopic (exact) mass is 421 g/mol. The first-order valence-electron chi connectivity index (χ1n) is 10.5. The molecule has 3 aromatic rings. The molecule has 1 saturated heterocycles. The van der Waals surface area contributed by atoms with E-state index in [0.29, 0.717) is 23.0 Å². The van der Waals surface area contributed by atoms with E-state index in [2.05, 4.69) is 29.2 Å². The number of hydrogen-bond acceptors (Lipinski definition) is 5. The van der Waals surface area contributed by atoms with Crippen molar-refractivity contribution in [2.45, 2.75) is 18.7 Å². The van der Waals surface area contributed by atoms with Crippen LogP contribution in [0.3, 0.4) is 0 Å². The summed E-state index contributed by atoms with van der Waals surface area (Å²) in [5.41, 5.74) is 3.76. The molecule has 6 heteroatoms. The fourth-order valence-corrected chi connectivity index (χ4v) is 3.99. The first-order chi connectivity index (χ1) is 14.9. The molecule has 0 saturated carbocycles. The average Bonchev–Trinajstić information content (AvgIpc) is 3.25. The van der Waals surface area contributed by atoms with Crippen molar-refractivity contribution in [3.8, 4) is 16.9 Å². The van der Waals surface area contributed by atoms with Crippen LogP contribution in [0.1, 0.15) is 18.2 Å². The van der Waals surface area contributed by atoms with Crippen LogP contribution in [0.2, 0.25) is 0 Å². The number of aromatic hydroxyl groups is 1. The van der Waals surface area contributed by atoms with Gasteiger partial charge in [0.1, 0.15) is 11.6 Å². The van der Waals surface area contributed by atoms with E-state index in [1.165, 1.54) is 6.07 Å². The molecule has 0 aliphatic carbocycles. The van der Waals surface area contributed by atoms with E-state index < -0.39 is 6.23 Å². The van der Waals surface area contributed by atoms with Gasteiger partial charge in [-0.3, -0.25) is 0 Å². The lowest BCUT2D eigenvalue weighted by atomic mass is 10.0. The molecule has 162 valence electrons. The Morgan fingerprint density at radius 2 is 1.65 bits per heavy atom. The molecule has 2 atom stereocenters. The van der Waals surface area contributed by atoms with Gasteiger partial charge in [-0.25, -0.2) is 4.39 Å². The molecule has 1 aliphatic rings. The Kier molecular flexibility index (Phi) is 6.11. The molecule has 0 bridgehead atoms. The Hall–Kier alpha value is -3.09. The number of aliphatic hydroxyl groups is 1. The molecule has 0 spiro atoms. The molecule has 0 aromatic heterocycles. The highest BCUT2D eigenvalue weighted by Gasteiger charge is 2.25. The van der Waals surface area contributed by atoms with Crippen molar-refractivity contribution in [1.29, 1.82) is 0 Å². The molecule has 1 heterocycles. The highest BCUT2D eigenvalue weighted by Crippen LogP contribution is 2.29. The fourth-order valence-electron chi connectivity index (χ4n) is 3.99. The number of hydrogen-bond donors (Lipinski definition) is 3. The minimum absolute atomic E-state index is 0.223. The molecule has 3 N–H and O–H groups in total. The van der Waals surface area contributed by atoms with Crippen LogP contribution in [0.5, 0.6) is 5.75 Å². The SMILES string of the molecule is CN(C)C1CCN(c2ccc(NC(O)c3ccc(-c4ccc(O)cc4)cc3)cc2F)C1. The van der Waals surface area contributed by atoms with Crippen molar-refractivity contribution < 1.29 is 14.6 Å². The zero-order chi connectivity index (χ0) is 22.0. The van der Waals surface area contributed by atoms with Crippen LogP contribution in [0.15, 0.2) is 66.7 Å². The third-order valence-corrected chi connectivity index (χ3v) is 5.91. The van der Waals surface area contributed by atoms with Crippen LogP contribution in [-0.4, -0.2) is 48.3 Å². The van der Waals surface area contributed by atoms with Gasteiger partial charge in [0, 0.05) is 30.4 Å². The summed E-state index contributed by atoms with van der Waals surface area (Å²) in [6.45, 7) is 1.65. The molecule has 1 aliphatic heterocycles. The third-order valence-electron chi connectivity index (χ3n) is 5.91. The summed E-state index contributed by atoms with van der Waals surface area (Å²) in [6, 6.07) is 19.9. The second-order valence-corrected chi connectivity index (χ2v) is 8.23. The third kappa shape index (κ3) is 4.81. The zero-order valence-electron chi connectivity index (χ0n) is 17.8. The summed E-state index contributed by atoms with van der Waals surface area (Å²) in [5.74, 6) is -0.0697. The quantitative estimate of drug-likeness (QED) is 0.514. The van der Waals surface area contributed by atoms with Crippen molar-refractivity contribution in [3.05, 3.63) is 78.1 Å².